The quantitative estimate of drug-likeness (QED) is 0.781. The highest BCUT2D eigenvalue weighted by molar-refractivity contribution is 5.77. The summed E-state index contributed by atoms with van der Waals surface area (Å²) in [7, 11) is 0. The Labute approximate surface area is 122 Å². The molecule has 114 valence electrons. The summed E-state index contributed by atoms with van der Waals surface area (Å²) in [6.45, 7) is 5.74. The minimum atomic E-state index is -0.522. The number of hydrogen-bond acceptors (Lipinski definition) is 5. The summed E-state index contributed by atoms with van der Waals surface area (Å²) in [4.78, 5) is 21.4. The fraction of sp³-hybridized carbons (Fsp3) is 0.571. The van der Waals surface area contributed by atoms with Crippen molar-refractivity contribution in [2.75, 3.05) is 13.2 Å². The number of H-pyrrole nitrogens is 2. The number of ether oxygens (including phenoxy) is 2. The van der Waals surface area contributed by atoms with Crippen molar-refractivity contribution in [2.45, 2.75) is 38.6 Å². The molecule has 3 rings (SSSR count). The first-order valence-electron chi connectivity index (χ1n) is 7.10. The largest absolute Gasteiger partial charge is 0.355 e. The highest BCUT2D eigenvalue weighted by atomic mass is 16.7. The summed E-state index contributed by atoms with van der Waals surface area (Å²) in [5.74, 6) is -0.522. The van der Waals surface area contributed by atoms with Crippen LogP contribution in [0.4, 0.5) is 0 Å². The van der Waals surface area contributed by atoms with E-state index in [0.29, 0.717) is 30.8 Å². The van der Waals surface area contributed by atoms with E-state index in [1.54, 1.807) is 0 Å². The molecule has 1 saturated heterocycles. The number of nitrogens with zero attached hydrogens (tertiary/aromatic N) is 1. The zero-order chi connectivity index (χ0) is 14.9. The van der Waals surface area contributed by atoms with Gasteiger partial charge in [-0.25, -0.2) is 4.98 Å². The van der Waals surface area contributed by atoms with Crippen LogP contribution in [-0.2, 0) is 16.0 Å². The maximum absolute atomic E-state index is 11.6. The van der Waals surface area contributed by atoms with Crippen molar-refractivity contribution in [3.05, 3.63) is 28.4 Å². The van der Waals surface area contributed by atoms with E-state index in [4.69, 9.17) is 9.47 Å². The maximum Gasteiger partial charge on any atom is 0.275 e. The fourth-order valence-corrected chi connectivity index (χ4v) is 2.43. The van der Waals surface area contributed by atoms with E-state index in [9.17, 15) is 4.79 Å². The summed E-state index contributed by atoms with van der Waals surface area (Å²) in [6, 6.07) is 0.221. The lowest BCUT2D eigenvalue weighted by Gasteiger charge is -2.23. The van der Waals surface area contributed by atoms with Gasteiger partial charge in [0.15, 0.2) is 5.79 Å². The first-order valence-corrected chi connectivity index (χ1v) is 7.10. The molecule has 0 radical (unpaired) electrons. The molecule has 1 aliphatic rings. The molecule has 1 aliphatic heterocycles. The summed E-state index contributed by atoms with van der Waals surface area (Å²) < 4.78 is 11.3. The zero-order valence-corrected chi connectivity index (χ0v) is 12.2. The standard InChI is InChI=1S/C14H20N4O3/c1-14(2)20-4-3-10(7-21-14)15-5-9-6-16-12-11(9)17-8-18-13(12)19/h6,8,10,15-16H,3-5,7H2,1-2H3,(H,17,18,19). The molecule has 1 atom stereocenters. The second-order valence-electron chi connectivity index (χ2n) is 5.69. The topological polar surface area (TPSA) is 92.0 Å². The van der Waals surface area contributed by atoms with Crippen LogP contribution in [0.5, 0.6) is 0 Å². The molecule has 21 heavy (non-hydrogen) atoms. The molecule has 7 heteroatoms. The van der Waals surface area contributed by atoms with Crippen molar-refractivity contribution >= 4 is 11.0 Å². The Hall–Kier alpha value is -1.70. The van der Waals surface area contributed by atoms with Crippen LogP contribution in [0.1, 0.15) is 25.8 Å². The van der Waals surface area contributed by atoms with Gasteiger partial charge in [-0.15, -0.1) is 0 Å². The minimum absolute atomic E-state index is 0.154. The number of aromatic amines is 2. The normalized spacial score (nSPS) is 22.3. The van der Waals surface area contributed by atoms with Crippen molar-refractivity contribution in [1.82, 2.24) is 20.3 Å². The average Bonchev–Trinajstić information content (AvgIpc) is 2.77. The number of rotatable bonds is 3. The van der Waals surface area contributed by atoms with E-state index in [2.05, 4.69) is 20.3 Å². The van der Waals surface area contributed by atoms with E-state index in [0.717, 1.165) is 12.0 Å². The first kappa shape index (κ1) is 14.2. The molecular formula is C14H20N4O3. The molecule has 2 aromatic heterocycles. The monoisotopic (exact) mass is 292 g/mol. The van der Waals surface area contributed by atoms with Gasteiger partial charge < -0.3 is 24.8 Å². The number of aromatic nitrogens is 3. The van der Waals surface area contributed by atoms with Gasteiger partial charge >= 0.3 is 0 Å². The average molecular weight is 292 g/mol. The highest BCUT2D eigenvalue weighted by Gasteiger charge is 2.25. The summed E-state index contributed by atoms with van der Waals surface area (Å²) in [6.07, 6.45) is 4.13. The van der Waals surface area contributed by atoms with Crippen LogP contribution < -0.4 is 10.9 Å². The Morgan fingerprint density at radius 3 is 3.14 bits per heavy atom. The van der Waals surface area contributed by atoms with E-state index in [1.807, 2.05) is 20.0 Å². The van der Waals surface area contributed by atoms with Gasteiger partial charge in [-0.05, 0) is 20.3 Å². The molecule has 3 heterocycles. The SMILES string of the molecule is CC1(C)OCCC(NCc2c[nH]c3c(=O)[nH]cnc23)CO1. The Bertz CT molecular complexity index is 676. The van der Waals surface area contributed by atoms with E-state index in [1.165, 1.54) is 6.33 Å². The third-order valence-corrected chi connectivity index (χ3v) is 3.68. The smallest absolute Gasteiger partial charge is 0.275 e. The molecule has 1 unspecified atom stereocenters. The predicted octanol–water partition coefficient (Wildman–Crippen LogP) is 0.882. The Morgan fingerprint density at radius 1 is 1.43 bits per heavy atom. The van der Waals surface area contributed by atoms with Crippen LogP contribution in [-0.4, -0.2) is 40.0 Å². The van der Waals surface area contributed by atoms with Gasteiger partial charge in [0.1, 0.15) is 5.52 Å². The van der Waals surface area contributed by atoms with Gasteiger partial charge in [-0.1, -0.05) is 0 Å². The molecule has 7 nitrogen and oxygen atoms in total. The van der Waals surface area contributed by atoms with Gasteiger partial charge in [-0.2, -0.15) is 0 Å². The predicted molar refractivity (Wildman–Crippen MR) is 77.9 cm³/mol. The van der Waals surface area contributed by atoms with Crippen molar-refractivity contribution in [3.63, 3.8) is 0 Å². The van der Waals surface area contributed by atoms with Crippen LogP contribution in [0.15, 0.2) is 17.3 Å². The fourth-order valence-electron chi connectivity index (χ4n) is 2.43. The molecule has 0 aromatic carbocycles. The lowest BCUT2D eigenvalue weighted by molar-refractivity contribution is -0.200. The van der Waals surface area contributed by atoms with Crippen LogP contribution in [0.2, 0.25) is 0 Å². The molecular weight excluding hydrogens is 272 g/mol. The van der Waals surface area contributed by atoms with Gasteiger partial charge in [0.25, 0.3) is 5.56 Å². The third-order valence-electron chi connectivity index (χ3n) is 3.68. The number of nitrogens with one attached hydrogen (secondary N) is 3. The molecule has 1 fully saturated rings. The van der Waals surface area contributed by atoms with Crippen molar-refractivity contribution in [3.8, 4) is 0 Å². The van der Waals surface area contributed by atoms with E-state index in [-0.39, 0.29) is 11.6 Å². The first-order chi connectivity index (χ1) is 10.1. The van der Waals surface area contributed by atoms with E-state index < -0.39 is 5.79 Å². The van der Waals surface area contributed by atoms with Crippen LogP contribution >= 0.6 is 0 Å². The summed E-state index contributed by atoms with van der Waals surface area (Å²) >= 11 is 0. The van der Waals surface area contributed by atoms with Gasteiger partial charge in [0.2, 0.25) is 0 Å². The molecule has 0 amide bonds. The minimum Gasteiger partial charge on any atom is -0.355 e. The molecule has 2 aromatic rings. The van der Waals surface area contributed by atoms with Crippen molar-refractivity contribution < 1.29 is 9.47 Å². The van der Waals surface area contributed by atoms with Crippen molar-refractivity contribution in [2.24, 2.45) is 0 Å². The lowest BCUT2D eigenvalue weighted by Crippen LogP contribution is -2.34. The van der Waals surface area contributed by atoms with Crippen molar-refractivity contribution in [1.29, 1.82) is 0 Å². The second-order valence-corrected chi connectivity index (χ2v) is 5.69. The summed E-state index contributed by atoms with van der Waals surface area (Å²) in [5, 5.41) is 3.44. The highest BCUT2D eigenvalue weighted by Crippen LogP contribution is 2.17. The van der Waals surface area contributed by atoms with Gasteiger partial charge in [0.05, 0.1) is 25.1 Å². The number of hydrogen-bond donors (Lipinski definition) is 3. The Balaban J connectivity index is 1.67. The summed E-state index contributed by atoms with van der Waals surface area (Å²) in [5.41, 5.74) is 2.04. The maximum atomic E-state index is 11.6. The second kappa shape index (κ2) is 5.59. The molecule has 0 aliphatic carbocycles. The van der Waals surface area contributed by atoms with Crippen LogP contribution in [0, 0.1) is 0 Å². The van der Waals surface area contributed by atoms with Crippen LogP contribution in [0.3, 0.4) is 0 Å². The number of fused-ring (bicyclic) bond motifs is 1. The Morgan fingerprint density at radius 2 is 2.29 bits per heavy atom. The van der Waals surface area contributed by atoms with E-state index >= 15 is 0 Å². The van der Waals surface area contributed by atoms with Gasteiger partial charge in [-0.3, -0.25) is 4.79 Å². The van der Waals surface area contributed by atoms with Crippen LogP contribution in [0.25, 0.3) is 11.0 Å². The lowest BCUT2D eigenvalue weighted by atomic mass is 10.2. The third kappa shape index (κ3) is 3.15. The molecule has 3 N–H and O–H groups in total. The molecule has 0 saturated carbocycles. The zero-order valence-electron chi connectivity index (χ0n) is 12.2. The molecule has 0 spiro atoms. The Kier molecular flexibility index (Phi) is 3.79. The van der Waals surface area contributed by atoms with Gasteiger partial charge in [0, 0.05) is 24.3 Å². The molecule has 0 bridgehead atoms.